The van der Waals surface area contributed by atoms with Crippen LogP contribution in [0.3, 0.4) is 0 Å². The van der Waals surface area contributed by atoms with E-state index in [0.29, 0.717) is 23.6 Å². The van der Waals surface area contributed by atoms with Crippen LogP contribution in [-0.2, 0) is 4.79 Å². The second kappa shape index (κ2) is 8.55. The summed E-state index contributed by atoms with van der Waals surface area (Å²) in [7, 11) is 0. The predicted octanol–water partition coefficient (Wildman–Crippen LogP) is 2.23. The van der Waals surface area contributed by atoms with Crippen LogP contribution < -0.4 is 16.0 Å². The number of primary amides is 1. The molecule has 0 aliphatic carbocycles. The molecule has 1 aliphatic rings. The number of anilines is 2. The van der Waals surface area contributed by atoms with Gasteiger partial charge in [-0.3, -0.25) is 9.59 Å². The van der Waals surface area contributed by atoms with Crippen LogP contribution in [0.4, 0.5) is 11.5 Å². The number of benzene rings is 1. The van der Waals surface area contributed by atoms with Crippen LogP contribution in [0, 0.1) is 19.8 Å². The van der Waals surface area contributed by atoms with Gasteiger partial charge in [0.2, 0.25) is 11.8 Å². The van der Waals surface area contributed by atoms with Crippen molar-refractivity contribution < 1.29 is 9.59 Å². The van der Waals surface area contributed by atoms with E-state index in [2.05, 4.69) is 25.5 Å². The van der Waals surface area contributed by atoms with Gasteiger partial charge in [-0.05, 0) is 69.2 Å². The number of piperidine rings is 1. The van der Waals surface area contributed by atoms with Gasteiger partial charge in [-0.2, -0.15) is 5.10 Å². The summed E-state index contributed by atoms with van der Waals surface area (Å²) in [5.74, 6) is 0.699. The number of hydrogen-bond donors (Lipinski definition) is 2. The summed E-state index contributed by atoms with van der Waals surface area (Å²) in [5.41, 5.74) is 8.23. The van der Waals surface area contributed by atoms with Gasteiger partial charge in [0, 0.05) is 30.0 Å². The van der Waals surface area contributed by atoms with Crippen LogP contribution in [0.1, 0.15) is 34.6 Å². The van der Waals surface area contributed by atoms with E-state index >= 15 is 0 Å². The monoisotopic (exact) mass is 419 g/mol. The van der Waals surface area contributed by atoms with E-state index in [1.165, 1.54) is 0 Å². The molecule has 1 fully saturated rings. The van der Waals surface area contributed by atoms with E-state index in [9.17, 15) is 9.59 Å². The first kappa shape index (κ1) is 20.5. The van der Waals surface area contributed by atoms with E-state index in [1.807, 2.05) is 32.0 Å². The smallest absolute Gasteiger partial charge is 0.248 e. The number of nitrogens with one attached hydrogen (secondary N) is 1. The first-order chi connectivity index (χ1) is 14.9. The van der Waals surface area contributed by atoms with Crippen molar-refractivity contribution in [2.75, 3.05) is 23.3 Å². The normalized spacial score (nSPS) is 16.2. The Hall–Kier alpha value is -3.75. The summed E-state index contributed by atoms with van der Waals surface area (Å²) >= 11 is 0. The fraction of sp³-hybridized carbons (Fsp3) is 0.318. The molecule has 31 heavy (non-hydrogen) atoms. The standard InChI is InChI=1S/C22H25N7O2/c1-14-12-15(2)29(27-14)20-10-9-19(25-26-20)28-11-3-4-17(13-28)22(31)24-18-7-5-16(6-8-18)21(23)30/h5-10,12,17H,3-4,11,13H2,1-2H3,(H2,23,30)(H,24,31). The molecule has 160 valence electrons. The molecular weight excluding hydrogens is 394 g/mol. The molecule has 1 aromatic carbocycles. The largest absolute Gasteiger partial charge is 0.366 e. The third-order valence-corrected chi connectivity index (χ3v) is 5.42. The number of carbonyl (C=O) groups excluding carboxylic acids is 2. The Kier molecular flexibility index (Phi) is 5.66. The Labute approximate surface area is 180 Å². The van der Waals surface area contributed by atoms with Crippen molar-refractivity contribution in [1.29, 1.82) is 0 Å². The molecule has 1 aliphatic heterocycles. The molecule has 4 rings (SSSR count). The molecule has 1 saturated heterocycles. The fourth-order valence-electron chi connectivity index (χ4n) is 3.82. The van der Waals surface area contributed by atoms with Gasteiger partial charge in [0.05, 0.1) is 11.6 Å². The van der Waals surface area contributed by atoms with Crippen molar-refractivity contribution in [3.8, 4) is 5.82 Å². The highest BCUT2D eigenvalue weighted by molar-refractivity contribution is 5.95. The number of nitrogens with zero attached hydrogens (tertiary/aromatic N) is 5. The highest BCUT2D eigenvalue weighted by atomic mass is 16.2. The summed E-state index contributed by atoms with van der Waals surface area (Å²) in [6.45, 7) is 5.31. The van der Waals surface area contributed by atoms with E-state index in [-0.39, 0.29) is 11.8 Å². The Morgan fingerprint density at radius 1 is 1.06 bits per heavy atom. The Morgan fingerprint density at radius 2 is 1.77 bits per heavy atom. The van der Waals surface area contributed by atoms with Crippen LogP contribution in [0.5, 0.6) is 0 Å². The molecule has 0 saturated carbocycles. The molecule has 0 bridgehead atoms. The van der Waals surface area contributed by atoms with Crippen LogP contribution in [0.15, 0.2) is 42.5 Å². The van der Waals surface area contributed by atoms with Crippen molar-refractivity contribution in [3.63, 3.8) is 0 Å². The number of nitrogens with two attached hydrogens (primary N) is 1. The Balaban J connectivity index is 1.41. The van der Waals surface area contributed by atoms with Crippen LogP contribution in [0.25, 0.3) is 5.82 Å². The topological polar surface area (TPSA) is 119 Å². The number of carbonyl (C=O) groups is 2. The summed E-state index contributed by atoms with van der Waals surface area (Å²) in [6, 6.07) is 12.4. The Bertz CT molecular complexity index is 1090. The van der Waals surface area contributed by atoms with Gasteiger partial charge >= 0.3 is 0 Å². The van der Waals surface area contributed by atoms with Gasteiger partial charge < -0.3 is 16.0 Å². The van der Waals surface area contributed by atoms with Crippen LogP contribution in [0.2, 0.25) is 0 Å². The summed E-state index contributed by atoms with van der Waals surface area (Å²) in [6.07, 6.45) is 1.69. The number of rotatable bonds is 5. The number of aromatic nitrogens is 4. The maximum atomic E-state index is 12.8. The summed E-state index contributed by atoms with van der Waals surface area (Å²) in [4.78, 5) is 26.0. The van der Waals surface area contributed by atoms with Gasteiger partial charge in [0.1, 0.15) is 0 Å². The molecule has 0 radical (unpaired) electrons. The maximum Gasteiger partial charge on any atom is 0.248 e. The van der Waals surface area contributed by atoms with E-state index in [1.54, 1.807) is 28.9 Å². The minimum absolute atomic E-state index is 0.0521. The molecule has 9 heteroatoms. The SMILES string of the molecule is Cc1cc(C)n(-c2ccc(N3CCCC(C(=O)Nc4ccc(C(N)=O)cc4)C3)nn2)n1. The van der Waals surface area contributed by atoms with E-state index < -0.39 is 5.91 Å². The van der Waals surface area contributed by atoms with Gasteiger partial charge in [-0.15, -0.1) is 10.2 Å². The van der Waals surface area contributed by atoms with Gasteiger partial charge in [0.15, 0.2) is 11.6 Å². The lowest BCUT2D eigenvalue weighted by atomic mass is 9.97. The average Bonchev–Trinajstić information content (AvgIpc) is 3.12. The summed E-state index contributed by atoms with van der Waals surface area (Å²) in [5, 5.41) is 16.1. The maximum absolute atomic E-state index is 12.8. The quantitative estimate of drug-likeness (QED) is 0.655. The minimum atomic E-state index is -0.495. The molecule has 2 aromatic heterocycles. The third kappa shape index (κ3) is 4.55. The highest BCUT2D eigenvalue weighted by Crippen LogP contribution is 2.23. The first-order valence-electron chi connectivity index (χ1n) is 10.2. The lowest BCUT2D eigenvalue weighted by molar-refractivity contribution is -0.120. The zero-order chi connectivity index (χ0) is 22.0. The minimum Gasteiger partial charge on any atom is -0.366 e. The van der Waals surface area contributed by atoms with Crippen molar-refractivity contribution in [3.05, 3.63) is 59.4 Å². The van der Waals surface area contributed by atoms with Crippen LogP contribution in [-0.4, -0.2) is 44.9 Å². The molecule has 2 amide bonds. The highest BCUT2D eigenvalue weighted by Gasteiger charge is 2.27. The second-order valence-electron chi connectivity index (χ2n) is 7.80. The zero-order valence-electron chi connectivity index (χ0n) is 17.6. The second-order valence-corrected chi connectivity index (χ2v) is 7.80. The molecular formula is C22H25N7O2. The number of amides is 2. The molecule has 0 spiro atoms. The molecule has 1 unspecified atom stereocenters. The van der Waals surface area contributed by atoms with Crippen molar-refractivity contribution in [1.82, 2.24) is 20.0 Å². The average molecular weight is 419 g/mol. The lowest BCUT2D eigenvalue weighted by Crippen LogP contribution is -2.41. The predicted molar refractivity (Wildman–Crippen MR) is 117 cm³/mol. The van der Waals surface area contributed by atoms with Gasteiger partial charge in [0.25, 0.3) is 0 Å². The third-order valence-electron chi connectivity index (χ3n) is 5.42. The number of aryl methyl sites for hydroxylation is 2. The van der Waals surface area contributed by atoms with E-state index in [4.69, 9.17) is 5.73 Å². The molecule has 9 nitrogen and oxygen atoms in total. The summed E-state index contributed by atoms with van der Waals surface area (Å²) < 4.78 is 1.77. The van der Waals surface area contributed by atoms with Crippen molar-refractivity contribution in [2.24, 2.45) is 11.7 Å². The molecule has 3 aromatic rings. The fourth-order valence-corrected chi connectivity index (χ4v) is 3.82. The molecule has 1 atom stereocenters. The van der Waals surface area contributed by atoms with Gasteiger partial charge in [-0.1, -0.05) is 0 Å². The lowest BCUT2D eigenvalue weighted by Gasteiger charge is -2.32. The van der Waals surface area contributed by atoms with Crippen molar-refractivity contribution >= 4 is 23.3 Å². The van der Waals surface area contributed by atoms with E-state index in [0.717, 1.165) is 36.6 Å². The van der Waals surface area contributed by atoms with Crippen molar-refractivity contribution in [2.45, 2.75) is 26.7 Å². The number of hydrogen-bond acceptors (Lipinski definition) is 6. The zero-order valence-corrected chi connectivity index (χ0v) is 17.6. The molecule has 3 N–H and O–H groups in total. The van der Waals surface area contributed by atoms with Gasteiger partial charge in [-0.25, -0.2) is 4.68 Å². The molecule has 3 heterocycles. The van der Waals surface area contributed by atoms with Crippen LogP contribution >= 0.6 is 0 Å². The Morgan fingerprint density at radius 3 is 2.39 bits per heavy atom. The first-order valence-corrected chi connectivity index (χ1v) is 10.2.